The third kappa shape index (κ3) is 3.37. The molecule has 0 saturated carbocycles. The van der Waals surface area contributed by atoms with Crippen LogP contribution in [-0.2, 0) is 25.5 Å². The summed E-state index contributed by atoms with van der Waals surface area (Å²) in [6.45, 7) is 2.40. The number of carbonyl (C=O) groups is 1. The number of fused-ring (bicyclic) bond motifs is 1. The molecule has 0 amide bonds. The van der Waals surface area contributed by atoms with Gasteiger partial charge < -0.3 is 23.9 Å². The van der Waals surface area contributed by atoms with Crippen LogP contribution in [0, 0.1) is 0 Å². The fourth-order valence-electron chi connectivity index (χ4n) is 2.52. The van der Waals surface area contributed by atoms with Crippen molar-refractivity contribution in [2.75, 3.05) is 20.8 Å². The van der Waals surface area contributed by atoms with Gasteiger partial charge in [0.1, 0.15) is 5.75 Å². The highest BCUT2D eigenvalue weighted by Gasteiger charge is 2.38. The van der Waals surface area contributed by atoms with Gasteiger partial charge in [-0.1, -0.05) is 0 Å². The van der Waals surface area contributed by atoms with E-state index in [1.54, 1.807) is 27.2 Å². The van der Waals surface area contributed by atoms with Crippen molar-refractivity contribution in [2.45, 2.75) is 26.1 Å². The van der Waals surface area contributed by atoms with E-state index in [2.05, 4.69) is 0 Å². The van der Waals surface area contributed by atoms with Gasteiger partial charge in [0.05, 0.1) is 32.8 Å². The third-order valence-corrected chi connectivity index (χ3v) is 3.35. The number of benzene rings is 1. The van der Waals surface area contributed by atoms with Gasteiger partial charge in [-0.25, -0.2) is 0 Å². The predicted molar refractivity (Wildman–Crippen MR) is 76.4 cm³/mol. The van der Waals surface area contributed by atoms with Crippen molar-refractivity contribution < 1.29 is 28.7 Å². The molecule has 0 aromatic heterocycles. The number of carbonyl (C=O) groups excluding carboxylic acids is 1. The number of hydrogen-bond donors (Lipinski definition) is 1. The zero-order chi connectivity index (χ0) is 15.4. The largest absolute Gasteiger partial charge is 0.497 e. The van der Waals surface area contributed by atoms with Crippen molar-refractivity contribution in [2.24, 2.45) is 0 Å². The minimum absolute atomic E-state index is 0.0565. The minimum atomic E-state index is -1.08. The van der Waals surface area contributed by atoms with Crippen LogP contribution in [0.5, 0.6) is 5.75 Å². The lowest BCUT2D eigenvalue weighted by atomic mass is 9.77. The average Bonchev–Trinajstić information content (AvgIpc) is 2.76. The fourth-order valence-corrected chi connectivity index (χ4v) is 2.52. The van der Waals surface area contributed by atoms with Crippen molar-refractivity contribution >= 4 is 18.6 Å². The van der Waals surface area contributed by atoms with Gasteiger partial charge in [0.15, 0.2) is 0 Å². The summed E-state index contributed by atoms with van der Waals surface area (Å²) in [5, 5.41) is 10.0. The van der Waals surface area contributed by atoms with Crippen LogP contribution in [0.1, 0.15) is 30.6 Å². The van der Waals surface area contributed by atoms with Crippen molar-refractivity contribution in [1.29, 1.82) is 0 Å². The summed E-state index contributed by atoms with van der Waals surface area (Å²) in [5.74, 6) is 0.252. The maximum absolute atomic E-state index is 11.7. The van der Waals surface area contributed by atoms with Crippen molar-refractivity contribution in [1.82, 2.24) is 0 Å². The predicted octanol–water partition coefficient (Wildman–Crippen LogP) is 0.554. The first kappa shape index (κ1) is 15.8. The summed E-state index contributed by atoms with van der Waals surface area (Å²) < 4.78 is 20.8. The molecule has 0 spiro atoms. The van der Waals surface area contributed by atoms with E-state index in [1.165, 1.54) is 0 Å². The molecule has 1 aliphatic rings. The normalized spacial score (nSPS) is 16.8. The molecule has 1 N–H and O–H groups in total. The molecule has 0 aliphatic carbocycles. The lowest BCUT2D eigenvalue weighted by molar-refractivity contribution is -0.145. The molecule has 0 bridgehead atoms. The number of esters is 1. The van der Waals surface area contributed by atoms with Crippen LogP contribution >= 0.6 is 0 Å². The summed E-state index contributed by atoms with van der Waals surface area (Å²) in [6, 6.07) is 3.53. The smallest absolute Gasteiger partial charge is 0.492 e. The summed E-state index contributed by atoms with van der Waals surface area (Å²) >= 11 is 0. The van der Waals surface area contributed by atoms with E-state index in [0.29, 0.717) is 24.4 Å². The molecular formula is C14H19BO6. The molecule has 1 heterocycles. The Balaban J connectivity index is 2.34. The Hall–Kier alpha value is -1.57. The molecule has 1 unspecified atom stereocenters. The monoisotopic (exact) mass is 294 g/mol. The van der Waals surface area contributed by atoms with Gasteiger partial charge in [0, 0.05) is 7.11 Å². The number of rotatable bonds is 6. The molecular weight excluding hydrogens is 275 g/mol. The van der Waals surface area contributed by atoms with Crippen molar-refractivity contribution in [3.63, 3.8) is 0 Å². The third-order valence-electron chi connectivity index (χ3n) is 3.35. The highest BCUT2D eigenvalue weighted by atomic mass is 16.5. The highest BCUT2D eigenvalue weighted by Crippen LogP contribution is 2.32. The Bertz CT molecular complexity index is 518. The zero-order valence-electron chi connectivity index (χ0n) is 12.4. The zero-order valence-corrected chi connectivity index (χ0v) is 12.4. The second kappa shape index (κ2) is 6.93. The molecule has 1 aromatic rings. The Labute approximate surface area is 124 Å². The number of methoxy groups -OCH3 is 2. The molecule has 0 radical (unpaired) electrons. The second-order valence-electron chi connectivity index (χ2n) is 4.71. The Morgan fingerprint density at radius 3 is 2.81 bits per heavy atom. The van der Waals surface area contributed by atoms with E-state index < -0.39 is 13.2 Å². The van der Waals surface area contributed by atoms with E-state index in [9.17, 15) is 9.82 Å². The first-order chi connectivity index (χ1) is 10.1. The molecule has 2 rings (SSSR count). The van der Waals surface area contributed by atoms with Crippen LogP contribution in [0.25, 0.3) is 0 Å². The molecule has 1 atom stereocenters. The maximum Gasteiger partial charge on any atom is 0.492 e. The quantitative estimate of drug-likeness (QED) is 0.610. The van der Waals surface area contributed by atoms with E-state index in [-0.39, 0.29) is 12.4 Å². The van der Waals surface area contributed by atoms with Gasteiger partial charge in [-0.05, 0) is 35.6 Å². The van der Waals surface area contributed by atoms with Crippen LogP contribution in [0.2, 0.25) is 0 Å². The molecule has 0 saturated heterocycles. The number of ether oxygens (including phenoxy) is 3. The van der Waals surface area contributed by atoms with Crippen molar-refractivity contribution in [3.8, 4) is 5.75 Å². The van der Waals surface area contributed by atoms with Crippen molar-refractivity contribution in [3.05, 3.63) is 23.3 Å². The molecule has 21 heavy (non-hydrogen) atoms. The SMILES string of the molecule is CCOC(=O)CC1OB(O)c2cc(OC)cc(COC)c21. The van der Waals surface area contributed by atoms with E-state index in [0.717, 1.165) is 11.1 Å². The van der Waals surface area contributed by atoms with E-state index >= 15 is 0 Å². The molecule has 7 heteroatoms. The standard InChI is InChI=1S/C14H19BO6/c1-4-20-13(16)7-12-14-9(8-18-2)5-10(19-3)6-11(14)15(17)21-12/h5-6,12,17H,4,7-8H2,1-3H3. The van der Waals surface area contributed by atoms with E-state index in [4.69, 9.17) is 18.9 Å². The highest BCUT2D eigenvalue weighted by molar-refractivity contribution is 6.62. The lowest BCUT2D eigenvalue weighted by Crippen LogP contribution is -2.28. The molecule has 1 aromatic carbocycles. The summed E-state index contributed by atoms with van der Waals surface area (Å²) in [7, 11) is 2.06. The lowest BCUT2D eigenvalue weighted by Gasteiger charge is -2.16. The summed E-state index contributed by atoms with van der Waals surface area (Å²) in [6.07, 6.45) is -0.480. The first-order valence-electron chi connectivity index (χ1n) is 6.79. The Morgan fingerprint density at radius 2 is 2.19 bits per heavy atom. The average molecular weight is 294 g/mol. The van der Waals surface area contributed by atoms with Crippen LogP contribution in [0.4, 0.5) is 0 Å². The summed E-state index contributed by atoms with van der Waals surface area (Å²) in [5.41, 5.74) is 2.21. The van der Waals surface area contributed by atoms with Gasteiger partial charge in [0.25, 0.3) is 0 Å². The van der Waals surface area contributed by atoms with Gasteiger partial charge in [-0.2, -0.15) is 0 Å². The second-order valence-corrected chi connectivity index (χ2v) is 4.71. The molecule has 114 valence electrons. The van der Waals surface area contributed by atoms with Crippen LogP contribution in [0.15, 0.2) is 12.1 Å². The molecule has 0 fully saturated rings. The van der Waals surface area contributed by atoms with Gasteiger partial charge >= 0.3 is 13.1 Å². The summed E-state index contributed by atoms with van der Waals surface area (Å²) in [4.78, 5) is 11.7. The minimum Gasteiger partial charge on any atom is -0.497 e. The Kier molecular flexibility index (Phi) is 5.22. The topological polar surface area (TPSA) is 74.2 Å². The van der Waals surface area contributed by atoms with Gasteiger partial charge in [-0.3, -0.25) is 4.79 Å². The number of hydrogen-bond acceptors (Lipinski definition) is 6. The van der Waals surface area contributed by atoms with Crippen LogP contribution < -0.4 is 10.2 Å². The van der Waals surface area contributed by atoms with Crippen LogP contribution in [-0.4, -0.2) is 38.9 Å². The van der Waals surface area contributed by atoms with Gasteiger partial charge in [-0.15, -0.1) is 0 Å². The Morgan fingerprint density at radius 1 is 1.43 bits per heavy atom. The fraction of sp³-hybridized carbons (Fsp3) is 0.500. The maximum atomic E-state index is 11.7. The van der Waals surface area contributed by atoms with Gasteiger partial charge in [0.2, 0.25) is 0 Å². The van der Waals surface area contributed by atoms with Crippen LogP contribution in [0.3, 0.4) is 0 Å². The molecule has 6 nitrogen and oxygen atoms in total. The first-order valence-corrected chi connectivity index (χ1v) is 6.79. The molecule has 1 aliphatic heterocycles. The van der Waals surface area contributed by atoms with E-state index in [1.807, 2.05) is 6.07 Å².